The van der Waals surface area contributed by atoms with E-state index in [-0.39, 0.29) is 12.4 Å². The Labute approximate surface area is 67.1 Å². The van der Waals surface area contributed by atoms with E-state index in [0.29, 0.717) is 19.2 Å². The molecule has 0 heterocycles. The summed E-state index contributed by atoms with van der Waals surface area (Å²) in [7, 11) is 0. The summed E-state index contributed by atoms with van der Waals surface area (Å²) < 4.78 is 4.96. The summed E-state index contributed by atoms with van der Waals surface area (Å²) in [6.45, 7) is 3.25. The van der Waals surface area contributed by atoms with Gasteiger partial charge in [-0.3, -0.25) is 4.79 Å². The number of ketones is 1. The maximum absolute atomic E-state index is 10.9. The predicted octanol–water partition coefficient (Wildman–Crippen LogP) is 0.344. The van der Waals surface area contributed by atoms with E-state index in [1.54, 1.807) is 0 Å². The van der Waals surface area contributed by atoms with Gasteiger partial charge < -0.3 is 10.1 Å². The van der Waals surface area contributed by atoms with Crippen molar-refractivity contribution in [1.29, 1.82) is 0 Å². The van der Waals surface area contributed by atoms with Crippen LogP contribution in [0.4, 0.5) is 0 Å². The molecule has 0 spiro atoms. The van der Waals surface area contributed by atoms with Crippen LogP contribution in [0, 0.1) is 0 Å². The van der Waals surface area contributed by atoms with Crippen LogP contribution in [0.1, 0.15) is 19.8 Å². The molecule has 11 heavy (non-hydrogen) atoms. The molecule has 1 N–H and O–H groups in total. The van der Waals surface area contributed by atoms with Crippen LogP contribution in [0.25, 0.3) is 0 Å². The fourth-order valence-corrected chi connectivity index (χ4v) is 0.813. The molecule has 3 heteroatoms. The van der Waals surface area contributed by atoms with Crippen molar-refractivity contribution >= 4 is 5.78 Å². The highest BCUT2D eigenvalue weighted by Crippen LogP contribution is 2.17. The molecular formula is C8H15NO2. The third kappa shape index (κ3) is 4.11. The summed E-state index contributed by atoms with van der Waals surface area (Å²) in [6, 6.07) is 0.612. The van der Waals surface area contributed by atoms with E-state index in [4.69, 9.17) is 4.74 Å². The molecule has 1 aliphatic rings. The number of Topliss-reactive ketones (excluding diaryl/α,β-unsaturated/α-hetero) is 1. The molecule has 0 radical (unpaired) electrons. The standard InChI is InChI=1S/C8H15NO2/c1-2-11-6-8(10)5-9-7-3-4-7/h7,9H,2-6H2,1H3. The lowest BCUT2D eigenvalue weighted by atomic mass is 10.4. The molecule has 0 bridgehead atoms. The second kappa shape index (κ2) is 4.46. The van der Waals surface area contributed by atoms with Crippen LogP contribution in [0.2, 0.25) is 0 Å². The highest BCUT2D eigenvalue weighted by molar-refractivity contribution is 5.81. The van der Waals surface area contributed by atoms with E-state index in [1.807, 2.05) is 6.92 Å². The average Bonchev–Trinajstić information content (AvgIpc) is 2.80. The molecule has 0 aromatic carbocycles. The predicted molar refractivity (Wildman–Crippen MR) is 42.5 cm³/mol. The molecule has 0 amide bonds. The Bertz CT molecular complexity index is 132. The van der Waals surface area contributed by atoms with E-state index in [0.717, 1.165) is 0 Å². The van der Waals surface area contributed by atoms with Gasteiger partial charge in [-0.05, 0) is 19.8 Å². The molecule has 3 nitrogen and oxygen atoms in total. The highest BCUT2D eigenvalue weighted by Gasteiger charge is 2.20. The van der Waals surface area contributed by atoms with Crippen molar-refractivity contribution < 1.29 is 9.53 Å². The number of carbonyl (C=O) groups is 1. The Morgan fingerprint density at radius 3 is 2.91 bits per heavy atom. The van der Waals surface area contributed by atoms with Gasteiger partial charge in [0, 0.05) is 12.6 Å². The second-order valence-corrected chi connectivity index (χ2v) is 2.83. The van der Waals surface area contributed by atoms with Crippen LogP contribution in [-0.4, -0.2) is 31.6 Å². The van der Waals surface area contributed by atoms with Gasteiger partial charge in [-0.1, -0.05) is 0 Å². The maximum Gasteiger partial charge on any atom is 0.172 e. The first kappa shape index (κ1) is 8.68. The normalized spacial score (nSPS) is 16.8. The van der Waals surface area contributed by atoms with Crippen LogP contribution in [0.5, 0.6) is 0 Å². The van der Waals surface area contributed by atoms with Gasteiger partial charge >= 0.3 is 0 Å². The summed E-state index contributed by atoms with van der Waals surface area (Å²) in [5.74, 6) is 0.152. The zero-order valence-corrected chi connectivity index (χ0v) is 6.93. The van der Waals surface area contributed by atoms with Crippen LogP contribution < -0.4 is 5.32 Å². The van der Waals surface area contributed by atoms with E-state index in [1.165, 1.54) is 12.8 Å². The van der Waals surface area contributed by atoms with Crippen molar-refractivity contribution in [2.45, 2.75) is 25.8 Å². The van der Waals surface area contributed by atoms with E-state index in [9.17, 15) is 4.79 Å². The first-order valence-electron chi connectivity index (χ1n) is 4.15. The Morgan fingerprint density at radius 2 is 2.36 bits per heavy atom. The maximum atomic E-state index is 10.9. The highest BCUT2D eigenvalue weighted by atomic mass is 16.5. The Kier molecular flexibility index (Phi) is 3.52. The molecule has 0 saturated heterocycles. The molecule has 0 aromatic heterocycles. The third-order valence-corrected chi connectivity index (χ3v) is 1.63. The number of nitrogens with one attached hydrogen (secondary N) is 1. The van der Waals surface area contributed by atoms with Crippen LogP contribution in [0.3, 0.4) is 0 Å². The van der Waals surface area contributed by atoms with Crippen molar-refractivity contribution in [3.8, 4) is 0 Å². The second-order valence-electron chi connectivity index (χ2n) is 2.83. The van der Waals surface area contributed by atoms with Crippen molar-refractivity contribution in [2.75, 3.05) is 19.8 Å². The van der Waals surface area contributed by atoms with Gasteiger partial charge in [0.25, 0.3) is 0 Å². The number of carbonyl (C=O) groups excluding carboxylic acids is 1. The molecule has 0 atom stereocenters. The summed E-state index contributed by atoms with van der Waals surface area (Å²) >= 11 is 0. The van der Waals surface area contributed by atoms with Crippen molar-refractivity contribution in [3.05, 3.63) is 0 Å². The minimum atomic E-state index is 0.152. The lowest BCUT2D eigenvalue weighted by Gasteiger charge is -2.01. The van der Waals surface area contributed by atoms with Gasteiger partial charge in [0.15, 0.2) is 5.78 Å². The average molecular weight is 157 g/mol. The summed E-state index contributed by atoms with van der Waals surface area (Å²) in [5.41, 5.74) is 0. The third-order valence-electron chi connectivity index (χ3n) is 1.63. The molecule has 0 aliphatic heterocycles. The van der Waals surface area contributed by atoms with Gasteiger partial charge in [-0.2, -0.15) is 0 Å². The molecule has 64 valence electrons. The Balaban J connectivity index is 1.91. The fraction of sp³-hybridized carbons (Fsp3) is 0.875. The van der Waals surface area contributed by atoms with E-state index in [2.05, 4.69) is 5.32 Å². The van der Waals surface area contributed by atoms with Crippen molar-refractivity contribution in [3.63, 3.8) is 0 Å². The SMILES string of the molecule is CCOCC(=O)CNC1CC1. The summed E-state index contributed by atoms with van der Waals surface area (Å²) in [5, 5.41) is 3.14. The molecule has 0 aromatic rings. The van der Waals surface area contributed by atoms with Gasteiger partial charge in [0.2, 0.25) is 0 Å². The zero-order chi connectivity index (χ0) is 8.10. The molecule has 0 unspecified atom stereocenters. The molecule has 1 fully saturated rings. The zero-order valence-electron chi connectivity index (χ0n) is 6.93. The smallest absolute Gasteiger partial charge is 0.172 e. The van der Waals surface area contributed by atoms with Crippen LogP contribution in [0.15, 0.2) is 0 Å². The van der Waals surface area contributed by atoms with Crippen molar-refractivity contribution in [2.24, 2.45) is 0 Å². The minimum Gasteiger partial charge on any atom is -0.374 e. The molecule has 1 saturated carbocycles. The first-order valence-corrected chi connectivity index (χ1v) is 4.15. The lowest BCUT2D eigenvalue weighted by molar-refractivity contribution is -0.122. The summed E-state index contributed by atoms with van der Waals surface area (Å²) in [4.78, 5) is 10.9. The number of hydrogen-bond donors (Lipinski definition) is 1. The number of rotatable bonds is 6. The lowest BCUT2D eigenvalue weighted by Crippen LogP contribution is -2.27. The monoisotopic (exact) mass is 157 g/mol. The summed E-state index contributed by atoms with van der Waals surface area (Å²) in [6.07, 6.45) is 2.45. The number of hydrogen-bond acceptors (Lipinski definition) is 3. The van der Waals surface area contributed by atoms with Crippen LogP contribution in [-0.2, 0) is 9.53 Å². The van der Waals surface area contributed by atoms with Gasteiger partial charge in [0.1, 0.15) is 6.61 Å². The Hall–Kier alpha value is -0.410. The molecule has 1 aliphatic carbocycles. The number of ether oxygens (including phenoxy) is 1. The quantitative estimate of drug-likeness (QED) is 0.604. The minimum absolute atomic E-state index is 0.152. The molecule has 1 rings (SSSR count). The Morgan fingerprint density at radius 1 is 1.64 bits per heavy atom. The van der Waals surface area contributed by atoms with E-state index >= 15 is 0 Å². The van der Waals surface area contributed by atoms with Gasteiger partial charge in [0.05, 0.1) is 6.54 Å². The fourth-order valence-electron chi connectivity index (χ4n) is 0.813. The van der Waals surface area contributed by atoms with Crippen LogP contribution >= 0.6 is 0 Å². The topological polar surface area (TPSA) is 38.3 Å². The van der Waals surface area contributed by atoms with Crippen molar-refractivity contribution in [1.82, 2.24) is 5.32 Å². The largest absolute Gasteiger partial charge is 0.374 e. The van der Waals surface area contributed by atoms with E-state index < -0.39 is 0 Å². The van der Waals surface area contributed by atoms with Gasteiger partial charge in [-0.25, -0.2) is 0 Å². The van der Waals surface area contributed by atoms with Gasteiger partial charge in [-0.15, -0.1) is 0 Å². The first-order chi connectivity index (χ1) is 5.33. The molecular weight excluding hydrogens is 142 g/mol.